The van der Waals surface area contributed by atoms with Gasteiger partial charge in [-0.15, -0.1) is 6.58 Å². The molecule has 0 saturated carbocycles. The number of hydrogen-bond acceptors (Lipinski definition) is 5. The molecule has 5 heteroatoms. The predicted octanol–water partition coefficient (Wildman–Crippen LogP) is 2.56. The molecule has 0 bridgehead atoms. The lowest BCUT2D eigenvalue weighted by atomic mass is 10.5. The molecule has 0 aromatic rings. The Labute approximate surface area is 124 Å². The standard InChI is InChI=1S/C6H12O2.C4H10O.C3H6.C2H6O2/c1-3-5-8-6(7)4-2;1-3-5-4-2;1-3-2;3-1-2-4/h3-5H2,1-2H3;3-4H2,1-2H3;3H,1H2,2H3;3-4H,1-2H2. The number of hydrogen-bond donors (Lipinski definition) is 2. The Morgan fingerprint density at radius 2 is 1.50 bits per heavy atom. The van der Waals surface area contributed by atoms with Crippen LogP contribution in [0.1, 0.15) is 47.5 Å². The molecule has 0 spiro atoms. The minimum atomic E-state index is -0.125. The number of rotatable bonds is 6. The van der Waals surface area contributed by atoms with Crippen molar-refractivity contribution in [1.29, 1.82) is 0 Å². The smallest absolute Gasteiger partial charge is 0.305 e. The number of esters is 1. The van der Waals surface area contributed by atoms with Gasteiger partial charge in [0.25, 0.3) is 0 Å². The van der Waals surface area contributed by atoms with Gasteiger partial charge < -0.3 is 19.7 Å². The van der Waals surface area contributed by atoms with Gasteiger partial charge in [-0.2, -0.15) is 0 Å². The fraction of sp³-hybridized carbons (Fsp3) is 0.800. The zero-order valence-electron chi connectivity index (χ0n) is 13.9. The first-order valence-electron chi connectivity index (χ1n) is 7.07. The van der Waals surface area contributed by atoms with Gasteiger partial charge in [0, 0.05) is 19.6 Å². The van der Waals surface area contributed by atoms with Crippen LogP contribution in [0.3, 0.4) is 0 Å². The molecular weight excluding hydrogens is 260 g/mol. The lowest BCUT2D eigenvalue weighted by molar-refractivity contribution is -0.143. The van der Waals surface area contributed by atoms with Crippen molar-refractivity contribution in [1.82, 2.24) is 0 Å². The van der Waals surface area contributed by atoms with E-state index in [1.165, 1.54) is 0 Å². The average Bonchev–Trinajstić information content (AvgIpc) is 2.47. The molecule has 0 heterocycles. The molecule has 0 aliphatic carbocycles. The van der Waals surface area contributed by atoms with Crippen molar-refractivity contribution >= 4 is 5.97 Å². The van der Waals surface area contributed by atoms with E-state index in [-0.39, 0.29) is 19.2 Å². The molecule has 0 aromatic carbocycles. The molecule has 2 N–H and O–H groups in total. The molecule has 0 rings (SSSR count). The Bertz CT molecular complexity index is 156. The van der Waals surface area contributed by atoms with Crippen molar-refractivity contribution in [3.8, 4) is 0 Å². The van der Waals surface area contributed by atoms with Gasteiger partial charge in [-0.05, 0) is 27.2 Å². The second kappa shape index (κ2) is 36.1. The second-order valence-electron chi connectivity index (χ2n) is 3.21. The summed E-state index contributed by atoms with van der Waals surface area (Å²) >= 11 is 0. The minimum Gasteiger partial charge on any atom is -0.466 e. The summed E-state index contributed by atoms with van der Waals surface area (Å²) in [6.07, 6.45) is 3.14. The second-order valence-corrected chi connectivity index (χ2v) is 3.21. The number of aliphatic hydroxyl groups is 2. The van der Waals surface area contributed by atoms with E-state index in [0.717, 1.165) is 19.6 Å². The first-order chi connectivity index (χ1) is 9.55. The molecule has 0 atom stereocenters. The summed E-state index contributed by atoms with van der Waals surface area (Å²) in [5.41, 5.74) is 0. The van der Waals surface area contributed by atoms with Gasteiger partial charge in [-0.1, -0.05) is 19.9 Å². The lowest BCUT2D eigenvalue weighted by Gasteiger charge is -1.97. The quantitative estimate of drug-likeness (QED) is 0.581. The van der Waals surface area contributed by atoms with Crippen molar-refractivity contribution in [3.05, 3.63) is 12.7 Å². The molecule has 0 aliphatic heterocycles. The molecule has 0 radical (unpaired) electrons. The Morgan fingerprint density at radius 1 is 1.10 bits per heavy atom. The monoisotopic (exact) mass is 294 g/mol. The third-order valence-electron chi connectivity index (χ3n) is 1.26. The third-order valence-corrected chi connectivity index (χ3v) is 1.26. The first kappa shape index (κ1) is 27.4. The fourth-order valence-electron chi connectivity index (χ4n) is 0.522. The summed E-state index contributed by atoms with van der Waals surface area (Å²) < 4.78 is 9.53. The highest BCUT2D eigenvalue weighted by Crippen LogP contribution is 1.85. The Morgan fingerprint density at radius 3 is 1.65 bits per heavy atom. The van der Waals surface area contributed by atoms with Crippen LogP contribution in [-0.4, -0.2) is 49.2 Å². The van der Waals surface area contributed by atoms with Gasteiger partial charge in [0.15, 0.2) is 0 Å². The number of aliphatic hydroxyl groups excluding tert-OH is 2. The number of ether oxygens (including phenoxy) is 2. The van der Waals surface area contributed by atoms with Crippen LogP contribution >= 0.6 is 0 Å². The molecule has 0 aliphatic rings. The zero-order chi connectivity index (χ0) is 16.6. The van der Waals surface area contributed by atoms with E-state index in [1.54, 1.807) is 13.0 Å². The summed E-state index contributed by atoms with van der Waals surface area (Å²) in [6.45, 7) is 15.0. The van der Waals surface area contributed by atoms with Gasteiger partial charge >= 0.3 is 5.97 Å². The maximum Gasteiger partial charge on any atom is 0.305 e. The van der Waals surface area contributed by atoms with Crippen molar-refractivity contribution in [2.24, 2.45) is 0 Å². The Kier molecular flexibility index (Phi) is 49.6. The summed E-state index contributed by atoms with van der Waals surface area (Å²) in [4.78, 5) is 10.3. The van der Waals surface area contributed by atoms with Gasteiger partial charge in [0.1, 0.15) is 0 Å². The third kappa shape index (κ3) is 67.6. The van der Waals surface area contributed by atoms with Crippen molar-refractivity contribution in [2.75, 3.05) is 33.0 Å². The minimum absolute atomic E-state index is 0.105. The van der Waals surface area contributed by atoms with E-state index >= 15 is 0 Å². The molecule has 20 heavy (non-hydrogen) atoms. The largest absolute Gasteiger partial charge is 0.466 e. The fourth-order valence-corrected chi connectivity index (χ4v) is 0.522. The molecule has 0 aromatic heterocycles. The zero-order valence-corrected chi connectivity index (χ0v) is 13.9. The van der Waals surface area contributed by atoms with E-state index in [2.05, 4.69) is 6.58 Å². The molecule has 5 nitrogen and oxygen atoms in total. The van der Waals surface area contributed by atoms with E-state index in [0.29, 0.717) is 13.0 Å². The molecule has 0 amide bonds. The summed E-state index contributed by atoms with van der Waals surface area (Å²) in [5, 5.41) is 15.2. The molecule has 0 fully saturated rings. The highest BCUT2D eigenvalue weighted by atomic mass is 16.5. The van der Waals surface area contributed by atoms with Crippen LogP contribution in [0.2, 0.25) is 0 Å². The van der Waals surface area contributed by atoms with Gasteiger partial charge in [-0.25, -0.2) is 0 Å². The molecule has 0 unspecified atom stereocenters. The highest BCUT2D eigenvalue weighted by molar-refractivity contribution is 5.68. The SMILES string of the molecule is C=CC.CCCOC(=O)CC.CCOCC.OCCO. The normalized spacial score (nSPS) is 7.75. The summed E-state index contributed by atoms with van der Waals surface area (Å²) in [6, 6.07) is 0. The lowest BCUT2D eigenvalue weighted by Crippen LogP contribution is -2.02. The maximum absolute atomic E-state index is 10.3. The van der Waals surface area contributed by atoms with Gasteiger partial charge in [0.05, 0.1) is 19.8 Å². The Balaban J connectivity index is -0.0000000924. The van der Waals surface area contributed by atoms with Crippen LogP contribution < -0.4 is 0 Å². The van der Waals surface area contributed by atoms with E-state index in [1.807, 2.05) is 27.7 Å². The average molecular weight is 294 g/mol. The van der Waals surface area contributed by atoms with Gasteiger partial charge in [0.2, 0.25) is 0 Å². The molecular formula is C15H34O5. The van der Waals surface area contributed by atoms with E-state index < -0.39 is 0 Å². The van der Waals surface area contributed by atoms with Crippen molar-refractivity contribution < 1.29 is 24.5 Å². The Hall–Kier alpha value is -0.910. The van der Waals surface area contributed by atoms with Crippen LogP contribution in [0, 0.1) is 0 Å². The van der Waals surface area contributed by atoms with Crippen molar-refractivity contribution in [2.45, 2.75) is 47.5 Å². The number of allylic oxidation sites excluding steroid dienone is 1. The maximum atomic E-state index is 10.3. The predicted molar refractivity (Wildman–Crippen MR) is 83.8 cm³/mol. The summed E-state index contributed by atoms with van der Waals surface area (Å²) in [5.74, 6) is -0.105. The first-order valence-corrected chi connectivity index (χ1v) is 7.07. The van der Waals surface area contributed by atoms with Crippen LogP contribution in [0.15, 0.2) is 12.7 Å². The number of carbonyl (C=O) groups excluding carboxylic acids is 1. The molecule has 124 valence electrons. The van der Waals surface area contributed by atoms with E-state index in [4.69, 9.17) is 19.7 Å². The van der Waals surface area contributed by atoms with Crippen LogP contribution in [-0.2, 0) is 14.3 Å². The van der Waals surface area contributed by atoms with Crippen LogP contribution in [0.5, 0.6) is 0 Å². The van der Waals surface area contributed by atoms with Crippen molar-refractivity contribution in [3.63, 3.8) is 0 Å². The van der Waals surface area contributed by atoms with E-state index in [9.17, 15) is 4.79 Å². The van der Waals surface area contributed by atoms with Crippen LogP contribution in [0.25, 0.3) is 0 Å². The van der Waals surface area contributed by atoms with Crippen LogP contribution in [0.4, 0.5) is 0 Å². The van der Waals surface area contributed by atoms with Gasteiger partial charge in [-0.3, -0.25) is 4.79 Å². The highest BCUT2D eigenvalue weighted by Gasteiger charge is 1.93. The summed E-state index contributed by atoms with van der Waals surface area (Å²) in [7, 11) is 0. The molecule has 0 saturated heterocycles. The number of carbonyl (C=O) groups is 1. The topological polar surface area (TPSA) is 76.0 Å².